The van der Waals surface area contributed by atoms with Crippen LogP contribution in [0.2, 0.25) is 0 Å². The fourth-order valence-corrected chi connectivity index (χ4v) is 1.72. The minimum atomic E-state index is 0.598. The molecule has 14 heavy (non-hydrogen) atoms. The predicted molar refractivity (Wildman–Crippen MR) is 54.0 cm³/mol. The molecule has 0 atom stereocenters. The molecule has 0 aliphatic carbocycles. The highest BCUT2D eigenvalue weighted by Gasteiger charge is 2.12. The summed E-state index contributed by atoms with van der Waals surface area (Å²) in [5.74, 6) is 0. The van der Waals surface area contributed by atoms with Gasteiger partial charge in [0.05, 0.1) is 5.69 Å². The Kier molecular flexibility index (Phi) is 3.16. The van der Waals surface area contributed by atoms with Crippen LogP contribution in [0.4, 0.5) is 0 Å². The van der Waals surface area contributed by atoms with Crippen LogP contribution in [0.25, 0.3) is 0 Å². The maximum absolute atomic E-state index is 5.29. The Bertz CT molecular complexity index is 279. The zero-order valence-electron chi connectivity index (χ0n) is 8.55. The molecular weight excluding hydrogens is 178 g/mol. The van der Waals surface area contributed by atoms with Gasteiger partial charge in [0.2, 0.25) is 0 Å². The van der Waals surface area contributed by atoms with Crippen molar-refractivity contribution in [2.24, 2.45) is 0 Å². The molecule has 2 heterocycles. The lowest BCUT2D eigenvalue weighted by molar-refractivity contribution is 0.0775. The molecular formula is C10H17N3O. The normalized spacial score (nSPS) is 18.6. The van der Waals surface area contributed by atoms with E-state index in [1.165, 1.54) is 0 Å². The van der Waals surface area contributed by atoms with Crippen molar-refractivity contribution in [3.8, 4) is 0 Å². The van der Waals surface area contributed by atoms with Crippen LogP contribution < -0.4 is 5.32 Å². The van der Waals surface area contributed by atoms with Gasteiger partial charge in [-0.25, -0.2) is 0 Å². The van der Waals surface area contributed by atoms with Crippen molar-refractivity contribution in [3.63, 3.8) is 0 Å². The van der Waals surface area contributed by atoms with Crippen molar-refractivity contribution in [2.45, 2.75) is 32.4 Å². The molecule has 4 nitrogen and oxygen atoms in total. The molecule has 0 unspecified atom stereocenters. The number of nitrogens with zero attached hydrogens (tertiary/aromatic N) is 1. The number of rotatable bonds is 3. The zero-order chi connectivity index (χ0) is 9.80. The summed E-state index contributed by atoms with van der Waals surface area (Å²) in [5.41, 5.74) is 2.21. The molecule has 1 aliphatic heterocycles. The third-order valence-corrected chi connectivity index (χ3v) is 2.55. The van der Waals surface area contributed by atoms with Gasteiger partial charge in [-0.2, -0.15) is 5.10 Å². The maximum Gasteiger partial charge on any atom is 0.0762 e. The molecule has 1 fully saturated rings. The van der Waals surface area contributed by atoms with E-state index in [9.17, 15) is 0 Å². The lowest BCUT2D eigenvalue weighted by Gasteiger charge is -2.22. The molecule has 78 valence electrons. The number of hydrogen-bond acceptors (Lipinski definition) is 3. The topological polar surface area (TPSA) is 49.9 Å². The molecule has 0 aromatic carbocycles. The second-order valence-corrected chi connectivity index (χ2v) is 3.81. The maximum atomic E-state index is 5.29. The van der Waals surface area contributed by atoms with Gasteiger partial charge in [0.1, 0.15) is 0 Å². The van der Waals surface area contributed by atoms with Crippen molar-refractivity contribution >= 4 is 0 Å². The Balaban J connectivity index is 1.76. The molecule has 1 aliphatic rings. The lowest BCUT2D eigenvalue weighted by Crippen LogP contribution is -2.34. The van der Waals surface area contributed by atoms with Crippen molar-refractivity contribution in [1.82, 2.24) is 15.5 Å². The fraction of sp³-hybridized carbons (Fsp3) is 0.700. The van der Waals surface area contributed by atoms with Crippen LogP contribution in [0.5, 0.6) is 0 Å². The van der Waals surface area contributed by atoms with Gasteiger partial charge >= 0.3 is 0 Å². The standard InChI is InChI=1S/C10H17N3O/c1-8-6-10(13-12-8)7-11-9-2-4-14-5-3-9/h6,9,11H,2-5,7H2,1H3,(H,12,13). The summed E-state index contributed by atoms with van der Waals surface area (Å²) in [6.45, 7) is 4.65. The molecule has 2 N–H and O–H groups in total. The number of aromatic amines is 1. The van der Waals surface area contributed by atoms with E-state index < -0.39 is 0 Å². The number of hydrogen-bond donors (Lipinski definition) is 2. The van der Waals surface area contributed by atoms with Gasteiger partial charge in [0.25, 0.3) is 0 Å². The molecule has 1 saturated heterocycles. The molecule has 4 heteroatoms. The van der Waals surface area contributed by atoms with Crippen molar-refractivity contribution in [2.75, 3.05) is 13.2 Å². The van der Waals surface area contributed by atoms with Crippen LogP contribution in [0, 0.1) is 6.92 Å². The quantitative estimate of drug-likeness (QED) is 0.756. The predicted octanol–water partition coefficient (Wildman–Crippen LogP) is 0.987. The molecule has 0 amide bonds. The fourth-order valence-electron chi connectivity index (χ4n) is 1.72. The van der Waals surface area contributed by atoms with E-state index in [1.54, 1.807) is 0 Å². The third kappa shape index (κ3) is 2.56. The zero-order valence-corrected chi connectivity index (χ0v) is 8.55. The van der Waals surface area contributed by atoms with Crippen LogP contribution in [0.3, 0.4) is 0 Å². The summed E-state index contributed by atoms with van der Waals surface area (Å²) < 4.78 is 5.29. The highest BCUT2D eigenvalue weighted by Crippen LogP contribution is 2.07. The minimum Gasteiger partial charge on any atom is -0.381 e. The molecule has 0 spiro atoms. The van der Waals surface area contributed by atoms with Crippen molar-refractivity contribution < 1.29 is 4.74 Å². The molecule has 1 aromatic heterocycles. The number of aryl methyl sites for hydroxylation is 1. The molecule has 0 bridgehead atoms. The minimum absolute atomic E-state index is 0.598. The SMILES string of the molecule is Cc1cc(CNC2CCOCC2)n[nH]1. The van der Waals surface area contributed by atoms with Gasteiger partial charge in [0.15, 0.2) is 0 Å². The van der Waals surface area contributed by atoms with Crippen LogP contribution in [-0.4, -0.2) is 29.5 Å². The monoisotopic (exact) mass is 195 g/mol. The second kappa shape index (κ2) is 4.57. The molecule has 0 radical (unpaired) electrons. The van der Waals surface area contributed by atoms with E-state index in [2.05, 4.69) is 21.6 Å². The van der Waals surface area contributed by atoms with Crippen molar-refractivity contribution in [1.29, 1.82) is 0 Å². The first-order valence-electron chi connectivity index (χ1n) is 5.16. The van der Waals surface area contributed by atoms with E-state index in [-0.39, 0.29) is 0 Å². The van der Waals surface area contributed by atoms with Gasteiger partial charge in [-0.3, -0.25) is 5.10 Å². The van der Waals surface area contributed by atoms with Gasteiger partial charge in [-0.1, -0.05) is 0 Å². The summed E-state index contributed by atoms with van der Waals surface area (Å²) in [4.78, 5) is 0. The Hall–Kier alpha value is -0.870. The third-order valence-electron chi connectivity index (χ3n) is 2.55. The average Bonchev–Trinajstić information content (AvgIpc) is 2.63. The summed E-state index contributed by atoms with van der Waals surface area (Å²) in [5, 5.41) is 10.6. The van der Waals surface area contributed by atoms with E-state index in [4.69, 9.17) is 4.74 Å². The summed E-state index contributed by atoms with van der Waals surface area (Å²) in [6, 6.07) is 2.67. The Labute approximate surface area is 84.0 Å². The molecule has 0 saturated carbocycles. The highest BCUT2D eigenvalue weighted by atomic mass is 16.5. The van der Waals surface area contributed by atoms with E-state index in [0.717, 1.165) is 44.0 Å². The number of nitrogens with one attached hydrogen (secondary N) is 2. The summed E-state index contributed by atoms with van der Waals surface area (Å²) in [6.07, 6.45) is 2.23. The van der Waals surface area contributed by atoms with E-state index in [0.29, 0.717) is 6.04 Å². The second-order valence-electron chi connectivity index (χ2n) is 3.81. The smallest absolute Gasteiger partial charge is 0.0762 e. The first-order chi connectivity index (χ1) is 6.84. The summed E-state index contributed by atoms with van der Waals surface area (Å²) in [7, 11) is 0. The Morgan fingerprint density at radius 1 is 1.57 bits per heavy atom. The number of H-pyrrole nitrogens is 1. The van der Waals surface area contributed by atoms with Crippen molar-refractivity contribution in [3.05, 3.63) is 17.5 Å². The van der Waals surface area contributed by atoms with Crippen LogP contribution >= 0.6 is 0 Å². The van der Waals surface area contributed by atoms with Gasteiger partial charge in [0, 0.05) is 31.5 Å². The van der Waals surface area contributed by atoms with Gasteiger partial charge in [-0.15, -0.1) is 0 Å². The van der Waals surface area contributed by atoms with Crippen LogP contribution in [0.1, 0.15) is 24.2 Å². The first kappa shape index (κ1) is 9.68. The number of ether oxygens (including phenoxy) is 1. The van der Waals surface area contributed by atoms with Crippen LogP contribution in [0.15, 0.2) is 6.07 Å². The number of aromatic nitrogens is 2. The first-order valence-corrected chi connectivity index (χ1v) is 5.16. The molecule has 2 rings (SSSR count). The van der Waals surface area contributed by atoms with E-state index >= 15 is 0 Å². The molecule has 1 aromatic rings. The summed E-state index contributed by atoms with van der Waals surface area (Å²) >= 11 is 0. The van der Waals surface area contributed by atoms with Crippen LogP contribution in [-0.2, 0) is 11.3 Å². The highest BCUT2D eigenvalue weighted by molar-refractivity contribution is 5.06. The van der Waals surface area contributed by atoms with Gasteiger partial charge < -0.3 is 10.1 Å². The van der Waals surface area contributed by atoms with Gasteiger partial charge in [-0.05, 0) is 25.8 Å². The van der Waals surface area contributed by atoms with E-state index in [1.807, 2.05) is 6.92 Å². The Morgan fingerprint density at radius 3 is 3.00 bits per heavy atom. The Morgan fingerprint density at radius 2 is 2.36 bits per heavy atom. The lowest BCUT2D eigenvalue weighted by atomic mass is 10.1. The largest absolute Gasteiger partial charge is 0.381 e. The average molecular weight is 195 g/mol.